The molecule has 84 valence electrons. The zero-order valence-corrected chi connectivity index (χ0v) is 12.9. The largest absolute Gasteiger partial charge is 1.00 e. The van der Waals surface area contributed by atoms with E-state index in [0.29, 0.717) is 17.2 Å². The van der Waals surface area contributed by atoms with Crippen LogP contribution < -0.4 is 65.6 Å². The third kappa shape index (κ3) is 3.36. The van der Waals surface area contributed by atoms with Crippen LogP contribution in [0.2, 0.25) is 0 Å². The van der Waals surface area contributed by atoms with E-state index in [1.807, 2.05) is 0 Å². The summed E-state index contributed by atoms with van der Waals surface area (Å²) >= 11 is 0. The predicted molar refractivity (Wildman–Crippen MR) is 54.2 cm³/mol. The maximum atomic E-state index is 10.8. The van der Waals surface area contributed by atoms with E-state index in [9.17, 15) is 4.79 Å². The zero-order chi connectivity index (χ0) is 11.4. The monoisotopic (exact) mass is 252 g/mol. The van der Waals surface area contributed by atoms with Gasteiger partial charge in [0.25, 0.3) is 0 Å². The van der Waals surface area contributed by atoms with Crippen molar-refractivity contribution in [3.63, 3.8) is 0 Å². The predicted octanol–water partition coefficient (Wildman–Crippen LogP) is -1.47. The van der Waals surface area contributed by atoms with Crippen molar-refractivity contribution in [2.45, 2.75) is 0 Å². The molecule has 6 heteroatoms. The maximum absolute atomic E-state index is 10.8. The third-order valence-corrected chi connectivity index (χ3v) is 1.91. The summed E-state index contributed by atoms with van der Waals surface area (Å²) < 4.78 is 15.1. The first-order valence-electron chi connectivity index (χ1n) is 4.17. The first-order valence-corrected chi connectivity index (χ1v) is 4.17. The number of hydrogen-bond acceptors (Lipinski definition) is 4. The van der Waals surface area contributed by atoms with Crippen LogP contribution in [0, 0.1) is 0 Å². The quantitative estimate of drug-likeness (QED) is 0.663. The molecule has 16 heavy (non-hydrogen) atoms. The Kier molecular flexibility index (Phi) is 7.01. The van der Waals surface area contributed by atoms with Crippen molar-refractivity contribution in [1.29, 1.82) is 0 Å². The molecule has 1 aromatic carbocycles. The van der Waals surface area contributed by atoms with Crippen LogP contribution in [0.25, 0.3) is 0 Å². The molecule has 0 aromatic heterocycles. The molecule has 1 aromatic rings. The average molecular weight is 252 g/mol. The Morgan fingerprint density at radius 3 is 1.81 bits per heavy atom. The summed E-state index contributed by atoms with van der Waals surface area (Å²) in [4.78, 5) is 10.8. The summed E-state index contributed by atoms with van der Waals surface area (Å²) in [6.07, 6.45) is 0. The molecule has 0 spiro atoms. The van der Waals surface area contributed by atoms with Crippen LogP contribution >= 0.6 is 0 Å². The number of aromatic carboxylic acids is 1. The van der Waals surface area contributed by atoms with Crippen LogP contribution in [0.5, 0.6) is 17.2 Å². The van der Waals surface area contributed by atoms with E-state index >= 15 is 0 Å². The van der Waals surface area contributed by atoms with Crippen LogP contribution in [-0.4, -0.2) is 32.4 Å². The zero-order valence-electron chi connectivity index (χ0n) is 10.7. The molecule has 0 atom stereocenters. The van der Waals surface area contributed by atoms with Crippen LogP contribution in [-0.2, 0) is 0 Å². The van der Waals surface area contributed by atoms with E-state index in [0.717, 1.165) is 0 Å². The van der Waals surface area contributed by atoms with E-state index in [1.54, 1.807) is 0 Å². The number of ether oxygens (including phenoxy) is 3. The van der Waals surface area contributed by atoms with Crippen molar-refractivity contribution in [1.82, 2.24) is 0 Å². The minimum Gasteiger partial charge on any atom is -1.00 e. The van der Waals surface area contributed by atoms with Crippen molar-refractivity contribution < 1.29 is 76.9 Å². The van der Waals surface area contributed by atoms with Gasteiger partial charge < -0.3 is 20.7 Å². The van der Waals surface area contributed by atoms with Crippen molar-refractivity contribution in [2.24, 2.45) is 0 Å². The molecule has 0 bridgehead atoms. The third-order valence-electron chi connectivity index (χ3n) is 1.91. The maximum Gasteiger partial charge on any atom is 1.00 e. The second kappa shape index (κ2) is 7.13. The van der Waals surface area contributed by atoms with E-state index in [-0.39, 0.29) is 58.4 Å². The molecule has 0 aliphatic rings. The van der Waals surface area contributed by atoms with Gasteiger partial charge in [0.2, 0.25) is 5.75 Å². The van der Waals surface area contributed by atoms with Gasteiger partial charge in [0.1, 0.15) is 0 Å². The molecule has 0 aliphatic carbocycles. The molecular formula is C10H13KO5. The Balaban J connectivity index is 0. The van der Waals surface area contributed by atoms with Gasteiger partial charge in [0.15, 0.2) is 11.5 Å². The minimum absolute atomic E-state index is 0. The summed E-state index contributed by atoms with van der Waals surface area (Å²) in [6, 6.07) is 2.76. The Morgan fingerprint density at radius 2 is 1.56 bits per heavy atom. The smallest absolute Gasteiger partial charge is 1.00 e. The Bertz CT molecular complexity index is 358. The fourth-order valence-electron chi connectivity index (χ4n) is 1.20. The second-order valence-electron chi connectivity index (χ2n) is 2.72. The van der Waals surface area contributed by atoms with E-state index in [2.05, 4.69) is 0 Å². The molecule has 5 nitrogen and oxygen atoms in total. The van der Waals surface area contributed by atoms with Crippen LogP contribution in [0.4, 0.5) is 0 Å². The van der Waals surface area contributed by atoms with Crippen LogP contribution in [0.1, 0.15) is 11.8 Å². The van der Waals surface area contributed by atoms with Gasteiger partial charge in [-0.3, -0.25) is 0 Å². The van der Waals surface area contributed by atoms with E-state index in [1.165, 1.54) is 33.5 Å². The summed E-state index contributed by atoms with van der Waals surface area (Å²) in [5, 5.41) is 8.84. The van der Waals surface area contributed by atoms with E-state index < -0.39 is 5.97 Å². The molecule has 0 fully saturated rings. The standard InChI is InChI=1S/C10H12O5.K.H/c1-13-7-4-6(10(11)12)5-8(14-2)9(7)15-3;;/h4-5H,1-3H3,(H,11,12);;/q;+1;-1. The minimum atomic E-state index is -1.05. The molecule has 1 rings (SSSR count). The average Bonchev–Trinajstić information content (AvgIpc) is 2.26. The Labute approximate surface area is 138 Å². The topological polar surface area (TPSA) is 65.0 Å². The van der Waals surface area contributed by atoms with Crippen LogP contribution in [0.3, 0.4) is 0 Å². The van der Waals surface area contributed by atoms with Gasteiger partial charge in [0, 0.05) is 0 Å². The molecule has 0 radical (unpaired) electrons. The summed E-state index contributed by atoms with van der Waals surface area (Å²) in [5.41, 5.74) is 0.0875. The summed E-state index contributed by atoms with van der Waals surface area (Å²) in [6.45, 7) is 0. The number of hydrogen-bond donors (Lipinski definition) is 1. The first kappa shape index (κ1) is 15.7. The molecule has 0 amide bonds. The fourth-order valence-corrected chi connectivity index (χ4v) is 1.20. The normalized spacial score (nSPS) is 8.94. The number of carboxylic acids is 1. The second-order valence-corrected chi connectivity index (χ2v) is 2.72. The molecular weight excluding hydrogens is 239 g/mol. The molecule has 0 saturated heterocycles. The van der Waals surface area contributed by atoms with Crippen LogP contribution in [0.15, 0.2) is 12.1 Å². The molecule has 0 unspecified atom stereocenters. The van der Waals surface area contributed by atoms with Gasteiger partial charge in [-0.25, -0.2) is 4.79 Å². The Hall–Kier alpha value is -0.274. The number of methoxy groups -OCH3 is 3. The van der Waals surface area contributed by atoms with Crippen molar-refractivity contribution in [3.8, 4) is 17.2 Å². The summed E-state index contributed by atoms with van der Waals surface area (Å²) in [7, 11) is 4.33. The number of benzene rings is 1. The van der Waals surface area contributed by atoms with Gasteiger partial charge in [-0.05, 0) is 12.1 Å². The SMILES string of the molecule is COc1cc(C(=O)O)cc(OC)c1OC.[H-].[K+]. The van der Waals surface area contributed by atoms with E-state index in [4.69, 9.17) is 19.3 Å². The molecule has 0 heterocycles. The van der Waals surface area contributed by atoms with Gasteiger partial charge >= 0.3 is 57.4 Å². The number of rotatable bonds is 4. The van der Waals surface area contributed by atoms with Gasteiger partial charge in [-0.1, -0.05) is 0 Å². The van der Waals surface area contributed by atoms with Gasteiger partial charge in [-0.15, -0.1) is 0 Å². The number of carboxylic acid groups (broad SMARTS) is 1. The molecule has 1 N–H and O–H groups in total. The fraction of sp³-hybridized carbons (Fsp3) is 0.300. The van der Waals surface area contributed by atoms with Gasteiger partial charge in [0.05, 0.1) is 26.9 Å². The molecule has 0 aliphatic heterocycles. The Morgan fingerprint density at radius 1 is 1.12 bits per heavy atom. The first-order chi connectivity index (χ1) is 7.13. The molecule has 0 saturated carbocycles. The summed E-state index contributed by atoms with van der Waals surface area (Å²) in [5.74, 6) is -0.0113. The van der Waals surface area contributed by atoms with Crippen molar-refractivity contribution in [2.75, 3.05) is 21.3 Å². The van der Waals surface area contributed by atoms with Gasteiger partial charge in [-0.2, -0.15) is 0 Å². The number of carbonyl (C=O) groups is 1. The van der Waals surface area contributed by atoms with Crippen molar-refractivity contribution in [3.05, 3.63) is 17.7 Å². The van der Waals surface area contributed by atoms with Crippen molar-refractivity contribution >= 4 is 5.97 Å².